The predicted octanol–water partition coefficient (Wildman–Crippen LogP) is 0.448. The summed E-state index contributed by atoms with van der Waals surface area (Å²) in [5.74, 6) is -2.89. The highest BCUT2D eigenvalue weighted by atomic mass is 19.4. The Hall–Kier alpha value is -2.72. The van der Waals surface area contributed by atoms with E-state index in [1.165, 1.54) is 12.4 Å². The quantitative estimate of drug-likeness (QED) is 0.730. The Kier molecular flexibility index (Phi) is 3.02. The highest BCUT2D eigenvalue weighted by Crippen LogP contribution is 2.26. The van der Waals surface area contributed by atoms with Crippen LogP contribution >= 0.6 is 0 Å². The number of amides is 1. The molecule has 2 rings (SSSR count). The van der Waals surface area contributed by atoms with Crippen LogP contribution in [0.5, 0.6) is 0 Å². The van der Waals surface area contributed by atoms with E-state index in [-0.39, 0.29) is 11.5 Å². The number of carbonyl (C=O) groups excluding carboxylic acids is 1. The maximum atomic E-state index is 12.2. The van der Waals surface area contributed by atoms with Crippen LogP contribution < -0.4 is 11.1 Å². The molecule has 1 amide bonds. The molecule has 4 N–H and O–H groups in total. The minimum absolute atomic E-state index is 0.161. The third kappa shape index (κ3) is 2.75. The number of aromatic amines is 1. The number of hydrogen-bond acceptors (Lipinski definition) is 6. The monoisotopic (exact) mass is 273 g/mol. The van der Waals surface area contributed by atoms with Crippen molar-refractivity contribution in [1.82, 2.24) is 25.1 Å². The van der Waals surface area contributed by atoms with Crippen LogP contribution in [0.2, 0.25) is 0 Å². The zero-order valence-corrected chi connectivity index (χ0v) is 9.06. The van der Waals surface area contributed by atoms with E-state index in [0.29, 0.717) is 0 Å². The molecule has 0 aromatic carbocycles. The van der Waals surface area contributed by atoms with Crippen molar-refractivity contribution in [2.24, 2.45) is 0 Å². The van der Waals surface area contributed by atoms with Crippen molar-refractivity contribution < 1.29 is 18.0 Å². The molecule has 0 atom stereocenters. The second kappa shape index (κ2) is 4.51. The largest absolute Gasteiger partial charge is 0.451 e. The smallest absolute Gasteiger partial charge is 0.382 e. The van der Waals surface area contributed by atoms with E-state index in [4.69, 9.17) is 5.73 Å². The Morgan fingerprint density at radius 1 is 1.32 bits per heavy atom. The van der Waals surface area contributed by atoms with Gasteiger partial charge in [0.2, 0.25) is 11.8 Å². The third-order valence-electron chi connectivity index (χ3n) is 1.92. The number of H-pyrrole nitrogens is 1. The van der Waals surface area contributed by atoms with E-state index in [9.17, 15) is 18.0 Å². The molecule has 19 heavy (non-hydrogen) atoms. The van der Waals surface area contributed by atoms with Gasteiger partial charge in [0.05, 0.1) is 0 Å². The van der Waals surface area contributed by atoms with Crippen LogP contribution in [0.25, 0.3) is 0 Å². The molecule has 0 saturated carbocycles. The van der Waals surface area contributed by atoms with Gasteiger partial charge >= 0.3 is 6.18 Å². The first-order valence-corrected chi connectivity index (χ1v) is 4.75. The summed E-state index contributed by atoms with van der Waals surface area (Å²) in [6.45, 7) is 0. The van der Waals surface area contributed by atoms with Crippen molar-refractivity contribution in [3.63, 3.8) is 0 Å². The number of alkyl halides is 3. The predicted molar refractivity (Wildman–Crippen MR) is 55.8 cm³/mol. The van der Waals surface area contributed by atoms with Crippen molar-refractivity contribution in [2.45, 2.75) is 6.18 Å². The Balaban J connectivity index is 2.16. The molecular formula is C8H6F3N7O. The van der Waals surface area contributed by atoms with E-state index < -0.39 is 23.9 Å². The first-order chi connectivity index (χ1) is 8.88. The lowest BCUT2D eigenvalue weighted by molar-refractivity contribution is -0.144. The molecule has 0 bridgehead atoms. The van der Waals surface area contributed by atoms with Gasteiger partial charge in [-0.3, -0.25) is 15.2 Å². The molecule has 0 unspecified atom stereocenters. The zero-order valence-electron chi connectivity index (χ0n) is 9.06. The average Bonchev–Trinajstić information content (AvgIpc) is 2.77. The number of nitrogens with one attached hydrogen (secondary N) is 2. The molecule has 100 valence electrons. The molecule has 0 spiro atoms. The summed E-state index contributed by atoms with van der Waals surface area (Å²) in [5.41, 5.74) is 5.15. The first-order valence-electron chi connectivity index (χ1n) is 4.75. The number of halogens is 3. The van der Waals surface area contributed by atoms with Crippen LogP contribution in [0.15, 0.2) is 12.4 Å². The number of anilines is 2. The number of hydrogen-bond donors (Lipinski definition) is 3. The fraction of sp³-hybridized carbons (Fsp3) is 0.125. The Morgan fingerprint density at radius 2 is 2.00 bits per heavy atom. The molecule has 0 aliphatic rings. The van der Waals surface area contributed by atoms with Gasteiger partial charge in [0.15, 0.2) is 11.5 Å². The van der Waals surface area contributed by atoms with Crippen molar-refractivity contribution in [1.29, 1.82) is 0 Å². The normalized spacial score (nSPS) is 11.3. The summed E-state index contributed by atoms with van der Waals surface area (Å²) < 4.78 is 36.7. The Bertz CT molecular complexity index is 608. The van der Waals surface area contributed by atoms with Crippen LogP contribution in [0.3, 0.4) is 0 Å². The number of rotatable bonds is 2. The standard InChI is InChI=1S/C8H6F3N7O/c9-8(10,11)6-16-7(18-17-6)15-5(19)3-4(12)14-2-1-13-3/h1-2H,(H2,12,14)(H2,15,16,17,18,19). The average molecular weight is 273 g/mol. The van der Waals surface area contributed by atoms with Crippen molar-refractivity contribution in [3.05, 3.63) is 23.9 Å². The van der Waals surface area contributed by atoms with Gasteiger partial charge in [-0.05, 0) is 0 Å². The van der Waals surface area contributed by atoms with Gasteiger partial charge in [0.25, 0.3) is 5.91 Å². The molecule has 0 aliphatic heterocycles. The molecule has 0 fully saturated rings. The molecule has 2 aromatic rings. The van der Waals surface area contributed by atoms with E-state index >= 15 is 0 Å². The summed E-state index contributed by atoms with van der Waals surface area (Å²) >= 11 is 0. The Labute approximate surface area is 103 Å². The first kappa shape index (κ1) is 12.7. The van der Waals surface area contributed by atoms with Crippen LogP contribution in [0, 0.1) is 0 Å². The lowest BCUT2D eigenvalue weighted by atomic mass is 10.4. The van der Waals surface area contributed by atoms with E-state index in [1.54, 1.807) is 5.10 Å². The molecule has 0 aliphatic carbocycles. The maximum absolute atomic E-state index is 12.2. The van der Waals surface area contributed by atoms with Gasteiger partial charge in [-0.15, -0.1) is 5.10 Å². The topological polar surface area (TPSA) is 122 Å². The van der Waals surface area contributed by atoms with Gasteiger partial charge in [-0.25, -0.2) is 9.97 Å². The highest BCUT2D eigenvalue weighted by molar-refractivity contribution is 6.04. The molecule has 11 heteroatoms. The van der Waals surface area contributed by atoms with Gasteiger partial charge in [-0.2, -0.15) is 18.2 Å². The molecular weight excluding hydrogens is 267 g/mol. The van der Waals surface area contributed by atoms with Crippen LogP contribution in [-0.2, 0) is 6.18 Å². The number of aromatic nitrogens is 5. The minimum atomic E-state index is -4.68. The summed E-state index contributed by atoms with van der Waals surface area (Å²) in [6, 6.07) is 0. The van der Waals surface area contributed by atoms with E-state index in [0.717, 1.165) is 0 Å². The van der Waals surface area contributed by atoms with Gasteiger partial charge < -0.3 is 5.73 Å². The van der Waals surface area contributed by atoms with Crippen LogP contribution in [-0.4, -0.2) is 31.1 Å². The molecule has 2 heterocycles. The summed E-state index contributed by atoms with van der Waals surface area (Å²) in [7, 11) is 0. The number of nitrogen functional groups attached to an aromatic ring is 1. The van der Waals surface area contributed by atoms with Crippen molar-refractivity contribution >= 4 is 17.7 Å². The Morgan fingerprint density at radius 3 is 2.58 bits per heavy atom. The van der Waals surface area contributed by atoms with E-state index in [2.05, 4.69) is 20.1 Å². The second-order valence-corrected chi connectivity index (χ2v) is 3.25. The molecule has 0 radical (unpaired) electrons. The molecule has 8 nitrogen and oxygen atoms in total. The SMILES string of the molecule is Nc1nccnc1C(=O)Nc1n[nH]c(C(F)(F)F)n1. The second-order valence-electron chi connectivity index (χ2n) is 3.25. The minimum Gasteiger partial charge on any atom is -0.382 e. The number of nitrogens with zero attached hydrogens (tertiary/aromatic N) is 4. The molecule has 0 saturated heterocycles. The lowest BCUT2D eigenvalue weighted by Gasteiger charge is -2.02. The molecule has 2 aromatic heterocycles. The number of carbonyl (C=O) groups is 1. The van der Waals surface area contributed by atoms with Gasteiger partial charge in [-0.1, -0.05) is 0 Å². The zero-order chi connectivity index (χ0) is 14.0. The van der Waals surface area contributed by atoms with E-state index in [1.807, 2.05) is 5.32 Å². The summed E-state index contributed by atoms with van der Waals surface area (Å²) in [6.07, 6.45) is -2.20. The van der Waals surface area contributed by atoms with Crippen molar-refractivity contribution in [2.75, 3.05) is 11.1 Å². The van der Waals surface area contributed by atoms with Crippen molar-refractivity contribution in [3.8, 4) is 0 Å². The van der Waals surface area contributed by atoms with Gasteiger partial charge in [0, 0.05) is 12.4 Å². The van der Waals surface area contributed by atoms with Crippen LogP contribution in [0.1, 0.15) is 16.3 Å². The summed E-state index contributed by atoms with van der Waals surface area (Å²) in [4.78, 5) is 21.9. The fourth-order valence-corrected chi connectivity index (χ4v) is 1.13. The third-order valence-corrected chi connectivity index (χ3v) is 1.92. The number of nitrogens with two attached hydrogens (primary N) is 1. The highest BCUT2D eigenvalue weighted by Gasteiger charge is 2.35. The summed E-state index contributed by atoms with van der Waals surface area (Å²) in [5, 5.41) is 6.87. The lowest BCUT2D eigenvalue weighted by Crippen LogP contribution is -2.17. The van der Waals surface area contributed by atoms with Gasteiger partial charge in [0.1, 0.15) is 0 Å². The van der Waals surface area contributed by atoms with Crippen LogP contribution in [0.4, 0.5) is 24.9 Å². The fourth-order valence-electron chi connectivity index (χ4n) is 1.13. The maximum Gasteiger partial charge on any atom is 0.451 e.